The first-order valence-electron chi connectivity index (χ1n) is 2.84. The van der Waals surface area contributed by atoms with E-state index in [2.05, 4.69) is 15.9 Å². The van der Waals surface area contributed by atoms with Crippen LogP contribution in [0.4, 0.5) is 0 Å². The van der Waals surface area contributed by atoms with E-state index in [0.717, 1.165) is 6.42 Å². The van der Waals surface area contributed by atoms with Crippen molar-refractivity contribution in [3.63, 3.8) is 0 Å². The number of rotatable bonds is 3. The molecule has 1 unspecified atom stereocenters. The van der Waals surface area contributed by atoms with Crippen LogP contribution in [0.2, 0.25) is 0 Å². The number of alkyl halides is 1. The zero-order valence-electron chi connectivity index (χ0n) is 5.56. The number of nitro groups is 1. The molecule has 0 heterocycles. The fourth-order valence-corrected chi connectivity index (χ4v) is 0.944. The molecular weight excluding hydrogens is 186 g/mol. The normalized spacial score (nSPS) is 16.8. The Morgan fingerprint density at radius 3 is 2.33 bits per heavy atom. The molecule has 0 N–H and O–H groups in total. The average Bonchev–Trinajstić information content (AvgIpc) is 1.65. The molecule has 0 aliphatic heterocycles. The maximum absolute atomic E-state index is 10.2. The molecule has 0 aromatic heterocycles. The fourth-order valence-electron chi connectivity index (χ4n) is 0.548. The molecule has 0 aliphatic rings. The third-order valence-corrected chi connectivity index (χ3v) is 1.77. The molecule has 0 saturated carbocycles. The van der Waals surface area contributed by atoms with E-state index >= 15 is 0 Å². The van der Waals surface area contributed by atoms with Crippen molar-refractivity contribution in [3.8, 4) is 0 Å². The van der Waals surface area contributed by atoms with Crippen LogP contribution in [-0.2, 0) is 0 Å². The van der Waals surface area contributed by atoms with Gasteiger partial charge >= 0.3 is 0 Å². The minimum absolute atomic E-state index is 0.309. The summed E-state index contributed by atoms with van der Waals surface area (Å²) in [5.74, 6) is 0. The molecule has 0 bridgehead atoms. The van der Waals surface area contributed by atoms with Crippen LogP contribution in [0.1, 0.15) is 26.7 Å². The van der Waals surface area contributed by atoms with Gasteiger partial charge in [0.1, 0.15) is 0 Å². The van der Waals surface area contributed by atoms with Crippen LogP contribution < -0.4 is 0 Å². The second kappa shape index (κ2) is 3.15. The van der Waals surface area contributed by atoms with Crippen molar-refractivity contribution < 1.29 is 4.92 Å². The molecule has 0 saturated heterocycles. The van der Waals surface area contributed by atoms with Gasteiger partial charge in [-0.25, -0.2) is 0 Å². The molecule has 0 amide bonds. The molecule has 0 aromatic carbocycles. The highest BCUT2D eigenvalue weighted by Gasteiger charge is 2.31. The Labute approximate surface area is 62.7 Å². The highest BCUT2D eigenvalue weighted by molar-refractivity contribution is 9.10. The summed E-state index contributed by atoms with van der Waals surface area (Å²) in [6.45, 7) is 3.49. The van der Waals surface area contributed by atoms with Crippen LogP contribution in [0, 0.1) is 10.1 Å². The first-order valence-corrected chi connectivity index (χ1v) is 3.63. The van der Waals surface area contributed by atoms with E-state index in [1.54, 1.807) is 6.92 Å². The molecule has 0 fully saturated rings. The topological polar surface area (TPSA) is 43.1 Å². The Bertz CT molecular complexity index is 114. The summed E-state index contributed by atoms with van der Waals surface area (Å²) in [5, 5.41) is 10.2. The second-order valence-electron chi connectivity index (χ2n) is 2.15. The Kier molecular flexibility index (Phi) is 3.11. The monoisotopic (exact) mass is 195 g/mol. The van der Waals surface area contributed by atoms with E-state index in [4.69, 9.17) is 0 Å². The van der Waals surface area contributed by atoms with Crippen LogP contribution in [0.15, 0.2) is 0 Å². The van der Waals surface area contributed by atoms with Gasteiger partial charge in [-0.1, -0.05) is 6.92 Å². The largest absolute Gasteiger partial charge is 0.271 e. The Morgan fingerprint density at radius 2 is 2.22 bits per heavy atom. The predicted molar refractivity (Wildman–Crippen MR) is 39.2 cm³/mol. The molecule has 0 aliphatic carbocycles. The highest BCUT2D eigenvalue weighted by Crippen LogP contribution is 2.23. The molecule has 4 heteroatoms. The second-order valence-corrected chi connectivity index (χ2v) is 3.86. The lowest BCUT2D eigenvalue weighted by atomic mass is 10.2. The molecule has 0 radical (unpaired) electrons. The van der Waals surface area contributed by atoms with Crippen molar-refractivity contribution in [2.75, 3.05) is 0 Å². The SMILES string of the molecule is CCCC(C)(Br)[N+](=O)[O-]. The first-order chi connectivity index (χ1) is 4.00. The molecule has 3 nitrogen and oxygen atoms in total. The van der Waals surface area contributed by atoms with Crippen LogP contribution in [-0.4, -0.2) is 9.37 Å². The smallest absolute Gasteiger partial charge is 0.263 e. The molecule has 54 valence electrons. The van der Waals surface area contributed by atoms with Gasteiger partial charge < -0.3 is 0 Å². The third-order valence-electron chi connectivity index (χ3n) is 1.09. The summed E-state index contributed by atoms with van der Waals surface area (Å²) < 4.78 is -0.915. The van der Waals surface area contributed by atoms with E-state index in [9.17, 15) is 10.1 Å². The zero-order valence-corrected chi connectivity index (χ0v) is 7.14. The third kappa shape index (κ3) is 2.79. The molecular formula is C5H10BrNO2. The Balaban J connectivity index is 3.85. The van der Waals surface area contributed by atoms with Gasteiger partial charge in [-0.2, -0.15) is 0 Å². The molecule has 1 atom stereocenters. The van der Waals surface area contributed by atoms with Crippen LogP contribution in [0.3, 0.4) is 0 Å². The summed E-state index contributed by atoms with van der Waals surface area (Å²) >= 11 is 3.01. The van der Waals surface area contributed by atoms with Gasteiger partial charge in [-0.15, -0.1) is 0 Å². The van der Waals surface area contributed by atoms with E-state index < -0.39 is 4.45 Å². The van der Waals surface area contributed by atoms with Crippen molar-refractivity contribution in [2.24, 2.45) is 0 Å². The van der Waals surface area contributed by atoms with E-state index in [1.165, 1.54) is 0 Å². The summed E-state index contributed by atoms with van der Waals surface area (Å²) in [7, 11) is 0. The van der Waals surface area contributed by atoms with E-state index in [1.807, 2.05) is 6.92 Å². The molecule has 0 spiro atoms. The molecule has 9 heavy (non-hydrogen) atoms. The summed E-state index contributed by atoms with van der Waals surface area (Å²) in [5.41, 5.74) is 0. The Morgan fingerprint density at radius 1 is 1.78 bits per heavy atom. The molecule has 0 aromatic rings. The number of halogens is 1. The maximum atomic E-state index is 10.2. The average molecular weight is 196 g/mol. The van der Waals surface area contributed by atoms with Crippen LogP contribution in [0.5, 0.6) is 0 Å². The van der Waals surface area contributed by atoms with Crippen LogP contribution in [0.25, 0.3) is 0 Å². The van der Waals surface area contributed by atoms with Crippen molar-refractivity contribution in [2.45, 2.75) is 31.1 Å². The minimum atomic E-state index is -0.915. The maximum Gasteiger partial charge on any atom is 0.271 e. The fraction of sp³-hybridized carbons (Fsp3) is 1.00. The Hall–Kier alpha value is -0.120. The summed E-state index contributed by atoms with van der Waals surface area (Å²) in [4.78, 5) is 9.86. The molecule has 0 rings (SSSR count). The van der Waals surface area contributed by atoms with Gasteiger partial charge in [0.25, 0.3) is 4.45 Å². The van der Waals surface area contributed by atoms with Crippen molar-refractivity contribution in [1.82, 2.24) is 0 Å². The summed E-state index contributed by atoms with van der Waals surface area (Å²) in [6, 6.07) is 0. The van der Waals surface area contributed by atoms with Gasteiger partial charge in [-0.3, -0.25) is 10.1 Å². The predicted octanol–water partition coefficient (Wildman–Crippen LogP) is 2.17. The number of hydrogen-bond acceptors (Lipinski definition) is 2. The first kappa shape index (κ1) is 8.88. The van der Waals surface area contributed by atoms with Crippen molar-refractivity contribution in [3.05, 3.63) is 10.1 Å². The lowest BCUT2D eigenvalue weighted by molar-refractivity contribution is -0.531. The standard InChI is InChI=1S/C5H10BrNO2/c1-3-4-5(2,6)7(8)9/h3-4H2,1-2H3. The van der Waals surface area contributed by atoms with Crippen molar-refractivity contribution >= 4 is 15.9 Å². The van der Waals surface area contributed by atoms with Crippen molar-refractivity contribution in [1.29, 1.82) is 0 Å². The quantitative estimate of drug-likeness (QED) is 0.300. The number of hydrogen-bond donors (Lipinski definition) is 0. The van der Waals surface area contributed by atoms with Gasteiger partial charge in [0.05, 0.1) is 0 Å². The van der Waals surface area contributed by atoms with E-state index in [0.29, 0.717) is 6.42 Å². The van der Waals surface area contributed by atoms with Gasteiger partial charge in [0.15, 0.2) is 0 Å². The van der Waals surface area contributed by atoms with Gasteiger partial charge in [0, 0.05) is 18.3 Å². The zero-order chi connectivity index (χ0) is 7.49. The summed E-state index contributed by atoms with van der Waals surface area (Å²) in [6.07, 6.45) is 1.39. The minimum Gasteiger partial charge on any atom is -0.263 e. The van der Waals surface area contributed by atoms with Gasteiger partial charge in [0.2, 0.25) is 0 Å². The number of nitrogens with zero attached hydrogens (tertiary/aromatic N) is 1. The van der Waals surface area contributed by atoms with Crippen LogP contribution >= 0.6 is 15.9 Å². The lowest BCUT2D eigenvalue weighted by Gasteiger charge is -2.10. The lowest BCUT2D eigenvalue weighted by Crippen LogP contribution is -2.26. The van der Waals surface area contributed by atoms with Gasteiger partial charge in [-0.05, 0) is 22.4 Å². The highest BCUT2D eigenvalue weighted by atomic mass is 79.9. The van der Waals surface area contributed by atoms with E-state index in [-0.39, 0.29) is 4.92 Å².